The minimum atomic E-state index is -3.57. The lowest BCUT2D eigenvalue weighted by molar-refractivity contribution is 0.475. The third-order valence-electron chi connectivity index (χ3n) is 2.39. The second-order valence-corrected chi connectivity index (χ2v) is 8.45. The standard InChI is InChI=1S/C11H17NO5S2/c1-18(14,15)8-9-19(16,17)12-7-6-10-2-4-11(13)5-3-10/h2-5,12-13H,6-9H2,1H3. The van der Waals surface area contributed by atoms with Crippen LogP contribution in [0.3, 0.4) is 0 Å². The SMILES string of the molecule is CS(=O)(=O)CCS(=O)(=O)NCCc1ccc(O)cc1. The zero-order chi connectivity index (χ0) is 14.5. The first kappa shape index (κ1) is 15.9. The summed E-state index contributed by atoms with van der Waals surface area (Å²) in [5.74, 6) is -0.666. The van der Waals surface area contributed by atoms with E-state index in [1.807, 2.05) is 0 Å². The molecule has 108 valence electrons. The van der Waals surface area contributed by atoms with Crippen molar-refractivity contribution in [2.45, 2.75) is 6.42 Å². The number of phenolic OH excluding ortho intramolecular Hbond substituents is 1. The molecule has 0 bridgehead atoms. The Morgan fingerprint density at radius 3 is 2.16 bits per heavy atom. The van der Waals surface area contributed by atoms with Crippen molar-refractivity contribution in [3.8, 4) is 5.75 Å². The molecule has 0 heterocycles. The average molecular weight is 307 g/mol. The van der Waals surface area contributed by atoms with Crippen molar-refractivity contribution in [2.24, 2.45) is 0 Å². The fourth-order valence-electron chi connectivity index (χ4n) is 1.35. The number of benzene rings is 1. The van der Waals surface area contributed by atoms with Crippen molar-refractivity contribution in [1.29, 1.82) is 0 Å². The van der Waals surface area contributed by atoms with Crippen LogP contribution in [0.1, 0.15) is 5.56 Å². The average Bonchev–Trinajstić information content (AvgIpc) is 2.29. The molecular formula is C11H17NO5S2. The predicted octanol–water partition coefficient (Wildman–Crippen LogP) is -0.101. The van der Waals surface area contributed by atoms with Gasteiger partial charge in [0.15, 0.2) is 0 Å². The molecule has 0 saturated heterocycles. The molecule has 0 fully saturated rings. The molecule has 0 spiro atoms. The molecule has 0 radical (unpaired) electrons. The zero-order valence-electron chi connectivity index (χ0n) is 10.5. The van der Waals surface area contributed by atoms with Gasteiger partial charge in [0.25, 0.3) is 0 Å². The summed E-state index contributed by atoms with van der Waals surface area (Å²) < 4.78 is 47.1. The second-order valence-electron chi connectivity index (χ2n) is 4.26. The highest BCUT2D eigenvalue weighted by Gasteiger charge is 2.13. The summed E-state index contributed by atoms with van der Waals surface area (Å²) in [6.45, 7) is 0.191. The summed E-state index contributed by atoms with van der Waals surface area (Å²) in [5.41, 5.74) is 0.878. The van der Waals surface area contributed by atoms with E-state index >= 15 is 0 Å². The van der Waals surface area contributed by atoms with Crippen LogP contribution in [0.15, 0.2) is 24.3 Å². The molecule has 1 aromatic rings. The van der Waals surface area contributed by atoms with E-state index in [9.17, 15) is 16.8 Å². The van der Waals surface area contributed by atoms with E-state index in [-0.39, 0.29) is 18.0 Å². The van der Waals surface area contributed by atoms with E-state index in [4.69, 9.17) is 5.11 Å². The number of nitrogens with one attached hydrogen (secondary N) is 1. The van der Waals surface area contributed by atoms with E-state index in [1.54, 1.807) is 12.1 Å². The highest BCUT2D eigenvalue weighted by atomic mass is 32.2. The van der Waals surface area contributed by atoms with Gasteiger partial charge in [-0.25, -0.2) is 21.6 Å². The third-order valence-corrected chi connectivity index (χ3v) is 4.98. The van der Waals surface area contributed by atoms with Crippen molar-refractivity contribution in [3.05, 3.63) is 29.8 Å². The quantitative estimate of drug-likeness (QED) is 0.732. The smallest absolute Gasteiger partial charge is 0.212 e. The molecule has 0 unspecified atom stereocenters. The normalized spacial score (nSPS) is 12.5. The van der Waals surface area contributed by atoms with Crippen LogP contribution in [0.4, 0.5) is 0 Å². The first-order valence-electron chi connectivity index (χ1n) is 5.61. The monoisotopic (exact) mass is 307 g/mol. The summed E-state index contributed by atoms with van der Waals surface area (Å²) in [6, 6.07) is 6.43. The van der Waals surface area contributed by atoms with E-state index in [0.29, 0.717) is 6.42 Å². The number of sulfone groups is 1. The molecule has 0 atom stereocenters. The van der Waals surface area contributed by atoms with Crippen LogP contribution in [0.2, 0.25) is 0 Å². The number of phenols is 1. The summed E-state index contributed by atoms with van der Waals surface area (Å²) in [5, 5.41) is 9.09. The highest BCUT2D eigenvalue weighted by molar-refractivity contribution is 7.93. The summed E-state index contributed by atoms with van der Waals surface area (Å²) in [6.07, 6.45) is 1.47. The van der Waals surface area contributed by atoms with Gasteiger partial charge in [0.2, 0.25) is 10.0 Å². The maximum absolute atomic E-state index is 11.5. The van der Waals surface area contributed by atoms with Gasteiger partial charge in [-0.15, -0.1) is 0 Å². The Morgan fingerprint density at radius 2 is 1.63 bits per heavy atom. The van der Waals surface area contributed by atoms with Crippen molar-refractivity contribution in [3.63, 3.8) is 0 Å². The van der Waals surface area contributed by atoms with Gasteiger partial charge in [-0.3, -0.25) is 0 Å². The van der Waals surface area contributed by atoms with E-state index in [2.05, 4.69) is 4.72 Å². The van der Waals surface area contributed by atoms with Crippen LogP contribution in [-0.4, -0.2) is 46.2 Å². The molecule has 6 nitrogen and oxygen atoms in total. The van der Waals surface area contributed by atoms with Crippen LogP contribution in [0, 0.1) is 0 Å². The van der Waals surface area contributed by atoms with Crippen LogP contribution in [0.25, 0.3) is 0 Å². The van der Waals surface area contributed by atoms with Gasteiger partial charge >= 0.3 is 0 Å². The van der Waals surface area contributed by atoms with Gasteiger partial charge in [0, 0.05) is 12.8 Å². The lowest BCUT2D eigenvalue weighted by Crippen LogP contribution is -2.31. The first-order valence-corrected chi connectivity index (χ1v) is 9.32. The van der Waals surface area contributed by atoms with Crippen LogP contribution in [-0.2, 0) is 26.3 Å². The molecule has 0 saturated carbocycles. The topological polar surface area (TPSA) is 101 Å². The molecule has 0 amide bonds. The van der Waals surface area contributed by atoms with Gasteiger partial charge in [0.05, 0.1) is 11.5 Å². The summed E-state index contributed by atoms with van der Waals surface area (Å²) in [4.78, 5) is 0. The Labute approximate surface area is 113 Å². The lowest BCUT2D eigenvalue weighted by Gasteiger charge is -2.06. The summed E-state index contributed by atoms with van der Waals surface area (Å²) in [7, 11) is -6.86. The molecular weight excluding hydrogens is 290 g/mol. The third kappa shape index (κ3) is 7.14. The van der Waals surface area contributed by atoms with Crippen LogP contribution < -0.4 is 4.72 Å². The Hall–Kier alpha value is -1.12. The minimum Gasteiger partial charge on any atom is -0.508 e. The van der Waals surface area contributed by atoms with Crippen molar-refractivity contribution < 1.29 is 21.9 Å². The van der Waals surface area contributed by atoms with Gasteiger partial charge in [-0.05, 0) is 24.1 Å². The van der Waals surface area contributed by atoms with Gasteiger partial charge in [0.1, 0.15) is 15.6 Å². The van der Waals surface area contributed by atoms with E-state index in [1.165, 1.54) is 12.1 Å². The molecule has 8 heteroatoms. The number of rotatable bonds is 7. The molecule has 19 heavy (non-hydrogen) atoms. The molecule has 0 aliphatic heterocycles. The van der Waals surface area contributed by atoms with Crippen LogP contribution in [0.5, 0.6) is 5.75 Å². The maximum Gasteiger partial charge on any atom is 0.212 e. The molecule has 0 aliphatic rings. The van der Waals surface area contributed by atoms with E-state index in [0.717, 1.165) is 11.8 Å². The number of sulfonamides is 1. The minimum absolute atomic E-state index is 0.150. The van der Waals surface area contributed by atoms with E-state index < -0.39 is 25.6 Å². The van der Waals surface area contributed by atoms with Crippen LogP contribution >= 0.6 is 0 Å². The molecule has 0 aliphatic carbocycles. The van der Waals surface area contributed by atoms with Gasteiger partial charge in [-0.2, -0.15) is 0 Å². The van der Waals surface area contributed by atoms with Crippen molar-refractivity contribution >= 4 is 19.9 Å². The lowest BCUT2D eigenvalue weighted by atomic mass is 10.1. The number of hydrogen-bond donors (Lipinski definition) is 2. The Balaban J connectivity index is 2.41. The van der Waals surface area contributed by atoms with Gasteiger partial charge in [-0.1, -0.05) is 12.1 Å². The predicted molar refractivity (Wildman–Crippen MR) is 73.3 cm³/mol. The molecule has 1 rings (SSSR count). The highest BCUT2D eigenvalue weighted by Crippen LogP contribution is 2.09. The Kier molecular flexibility index (Phi) is 5.33. The van der Waals surface area contributed by atoms with Crippen molar-refractivity contribution in [1.82, 2.24) is 4.72 Å². The fraction of sp³-hybridized carbons (Fsp3) is 0.455. The Bertz CT molecular complexity index is 605. The Morgan fingerprint density at radius 1 is 1.05 bits per heavy atom. The largest absolute Gasteiger partial charge is 0.508 e. The molecule has 1 aromatic carbocycles. The summed E-state index contributed by atoms with van der Waals surface area (Å²) >= 11 is 0. The fourth-order valence-corrected chi connectivity index (χ4v) is 3.99. The maximum atomic E-state index is 11.5. The number of aromatic hydroxyl groups is 1. The molecule has 0 aromatic heterocycles. The van der Waals surface area contributed by atoms with Gasteiger partial charge < -0.3 is 5.11 Å². The second kappa shape index (κ2) is 6.36. The van der Waals surface area contributed by atoms with Crippen molar-refractivity contribution in [2.75, 3.05) is 24.3 Å². The molecule has 2 N–H and O–H groups in total. The number of hydrogen-bond acceptors (Lipinski definition) is 5. The first-order chi connectivity index (χ1) is 8.68. The zero-order valence-corrected chi connectivity index (χ0v) is 12.2.